The van der Waals surface area contributed by atoms with Crippen molar-refractivity contribution in [2.75, 3.05) is 11.9 Å². The van der Waals surface area contributed by atoms with Crippen molar-refractivity contribution in [3.63, 3.8) is 0 Å². The summed E-state index contributed by atoms with van der Waals surface area (Å²) in [4.78, 5) is 35.3. The maximum Gasteiger partial charge on any atom is 0.258 e. The molecule has 0 fully saturated rings. The van der Waals surface area contributed by atoms with Crippen molar-refractivity contribution in [1.29, 1.82) is 0 Å². The Morgan fingerprint density at radius 3 is 2.63 bits per heavy atom. The zero-order chi connectivity index (χ0) is 19.4. The number of carbonyl (C=O) groups excluding carboxylic acids is 3. The maximum atomic E-state index is 12.0. The Labute approximate surface area is 157 Å². The summed E-state index contributed by atoms with van der Waals surface area (Å²) in [5.41, 5.74) is 3.88. The monoisotopic (exact) mass is 364 g/mol. The van der Waals surface area contributed by atoms with Gasteiger partial charge in [-0.3, -0.25) is 14.4 Å². The summed E-state index contributed by atoms with van der Waals surface area (Å²) < 4.78 is 5.46. The van der Waals surface area contributed by atoms with Gasteiger partial charge in [0.1, 0.15) is 5.75 Å². The number of Topliss-reactive ketones (excluding diaryl/α,β-unsaturated/α-hetero) is 1. The molecule has 6 nitrogen and oxygen atoms in total. The summed E-state index contributed by atoms with van der Waals surface area (Å²) in [5.74, 6) is -0.450. The average Bonchev–Trinajstić information content (AvgIpc) is 2.65. The first kappa shape index (κ1) is 18.4. The highest BCUT2D eigenvalue weighted by molar-refractivity contribution is 6.18. The molecule has 3 rings (SSSR count). The van der Waals surface area contributed by atoms with Gasteiger partial charge >= 0.3 is 0 Å². The maximum absolute atomic E-state index is 12.0. The van der Waals surface area contributed by atoms with Crippen LogP contribution in [0.1, 0.15) is 34.8 Å². The molecule has 2 aromatic rings. The number of allylic oxidation sites excluding steroid dienone is 1. The predicted octanol–water partition coefficient (Wildman–Crippen LogP) is 2.94. The van der Waals surface area contributed by atoms with Crippen LogP contribution in [0.4, 0.5) is 5.69 Å². The van der Waals surface area contributed by atoms with Crippen molar-refractivity contribution in [3.05, 3.63) is 65.7 Å². The molecule has 1 aliphatic heterocycles. The lowest BCUT2D eigenvalue weighted by Gasteiger charge is -2.16. The summed E-state index contributed by atoms with van der Waals surface area (Å²) in [6.07, 6.45) is -0.179. The van der Waals surface area contributed by atoms with Crippen molar-refractivity contribution >= 4 is 28.9 Å². The van der Waals surface area contributed by atoms with E-state index in [-0.39, 0.29) is 30.6 Å². The molecule has 0 saturated carbocycles. The van der Waals surface area contributed by atoms with E-state index in [9.17, 15) is 14.4 Å². The number of carbonyl (C=O) groups is 3. The quantitative estimate of drug-likeness (QED) is 0.772. The Balaban J connectivity index is 1.52. The number of ketones is 1. The fourth-order valence-corrected chi connectivity index (χ4v) is 2.70. The first-order valence-electron chi connectivity index (χ1n) is 8.54. The van der Waals surface area contributed by atoms with E-state index in [1.165, 1.54) is 0 Å². The third-order valence-electron chi connectivity index (χ3n) is 4.19. The van der Waals surface area contributed by atoms with Crippen molar-refractivity contribution in [2.24, 2.45) is 0 Å². The van der Waals surface area contributed by atoms with Gasteiger partial charge in [0.2, 0.25) is 5.91 Å². The number of ether oxygens (including phenoxy) is 1. The first-order valence-corrected chi connectivity index (χ1v) is 8.54. The van der Waals surface area contributed by atoms with Crippen LogP contribution in [-0.4, -0.2) is 24.2 Å². The molecule has 2 aromatic carbocycles. The molecule has 0 unspecified atom stereocenters. The van der Waals surface area contributed by atoms with Gasteiger partial charge in [-0.2, -0.15) is 0 Å². The van der Waals surface area contributed by atoms with Crippen molar-refractivity contribution in [2.45, 2.75) is 19.9 Å². The van der Waals surface area contributed by atoms with Crippen LogP contribution in [0.15, 0.2) is 49.0 Å². The third-order valence-corrected chi connectivity index (χ3v) is 4.19. The van der Waals surface area contributed by atoms with Gasteiger partial charge < -0.3 is 15.4 Å². The van der Waals surface area contributed by atoms with Crippen molar-refractivity contribution < 1.29 is 19.1 Å². The minimum atomic E-state index is -0.322. The number of fused-ring (bicyclic) bond motifs is 1. The summed E-state index contributed by atoms with van der Waals surface area (Å²) >= 11 is 0. The summed E-state index contributed by atoms with van der Waals surface area (Å²) in [5, 5.41) is 5.42. The Bertz CT molecular complexity index is 916. The van der Waals surface area contributed by atoms with Gasteiger partial charge in [-0.25, -0.2) is 0 Å². The SMILES string of the molecule is C=C(C)c1ccc(CNC(=O)COc2ccc3c(c2)C(=O)CC(=O)N3)cc1. The predicted molar refractivity (Wildman–Crippen MR) is 103 cm³/mol. The Morgan fingerprint density at radius 1 is 1.19 bits per heavy atom. The number of rotatable bonds is 6. The second-order valence-electron chi connectivity index (χ2n) is 6.40. The Kier molecular flexibility index (Phi) is 5.35. The molecule has 138 valence electrons. The van der Waals surface area contributed by atoms with Crippen LogP contribution in [0.5, 0.6) is 5.75 Å². The smallest absolute Gasteiger partial charge is 0.258 e. The summed E-state index contributed by atoms with van der Waals surface area (Å²) in [6.45, 7) is 6.06. The highest BCUT2D eigenvalue weighted by Crippen LogP contribution is 2.26. The van der Waals surface area contributed by atoms with E-state index in [0.29, 0.717) is 23.5 Å². The van der Waals surface area contributed by atoms with Crippen LogP contribution >= 0.6 is 0 Å². The molecule has 6 heteroatoms. The number of hydrogen-bond acceptors (Lipinski definition) is 4. The van der Waals surface area contributed by atoms with Gasteiger partial charge in [0, 0.05) is 12.1 Å². The number of hydrogen-bond donors (Lipinski definition) is 2. The van der Waals surface area contributed by atoms with Gasteiger partial charge in [0.05, 0.1) is 12.1 Å². The fraction of sp³-hybridized carbons (Fsp3) is 0.190. The van der Waals surface area contributed by atoms with Crippen LogP contribution in [-0.2, 0) is 16.1 Å². The minimum absolute atomic E-state index is 0.164. The van der Waals surface area contributed by atoms with E-state index in [1.807, 2.05) is 31.2 Å². The van der Waals surface area contributed by atoms with E-state index >= 15 is 0 Å². The van der Waals surface area contributed by atoms with Gasteiger partial charge in [-0.05, 0) is 36.2 Å². The van der Waals surface area contributed by atoms with Gasteiger partial charge in [0.15, 0.2) is 12.4 Å². The molecule has 0 aliphatic carbocycles. The van der Waals surface area contributed by atoms with Crippen LogP contribution < -0.4 is 15.4 Å². The van der Waals surface area contributed by atoms with Crippen molar-refractivity contribution in [1.82, 2.24) is 5.32 Å². The molecule has 0 aromatic heterocycles. The molecule has 0 bridgehead atoms. The highest BCUT2D eigenvalue weighted by atomic mass is 16.5. The lowest BCUT2D eigenvalue weighted by atomic mass is 10.0. The molecular formula is C21H20N2O4. The molecule has 0 saturated heterocycles. The largest absolute Gasteiger partial charge is 0.484 e. The topological polar surface area (TPSA) is 84.5 Å². The van der Waals surface area contributed by atoms with Crippen LogP contribution in [0.3, 0.4) is 0 Å². The molecule has 2 N–H and O–H groups in total. The van der Waals surface area contributed by atoms with Crippen LogP contribution in [0, 0.1) is 0 Å². The van der Waals surface area contributed by atoms with E-state index in [0.717, 1.165) is 16.7 Å². The molecule has 1 aliphatic rings. The number of anilines is 1. The van der Waals surface area contributed by atoms with Crippen LogP contribution in [0.2, 0.25) is 0 Å². The van der Waals surface area contributed by atoms with Crippen molar-refractivity contribution in [3.8, 4) is 5.75 Å². The average molecular weight is 364 g/mol. The standard InChI is InChI=1S/C21H20N2O4/c1-13(2)15-5-3-14(4-6-15)11-22-21(26)12-27-16-7-8-18-17(9-16)19(24)10-20(25)23-18/h3-9H,1,10-12H2,2H3,(H,22,26)(H,23,25). The molecule has 0 radical (unpaired) electrons. The summed E-state index contributed by atoms with van der Waals surface area (Å²) in [6, 6.07) is 12.6. The Morgan fingerprint density at radius 2 is 1.93 bits per heavy atom. The third kappa shape index (κ3) is 4.61. The second kappa shape index (κ2) is 7.86. The van der Waals surface area contributed by atoms with Gasteiger partial charge in [0.25, 0.3) is 5.91 Å². The normalized spacial score (nSPS) is 12.8. The molecule has 27 heavy (non-hydrogen) atoms. The summed E-state index contributed by atoms with van der Waals surface area (Å²) in [7, 11) is 0. The zero-order valence-corrected chi connectivity index (χ0v) is 15.0. The van der Waals surface area contributed by atoms with Crippen LogP contribution in [0.25, 0.3) is 5.57 Å². The molecule has 1 heterocycles. The second-order valence-corrected chi connectivity index (χ2v) is 6.40. The van der Waals surface area contributed by atoms with Gasteiger partial charge in [-0.15, -0.1) is 0 Å². The Hall–Kier alpha value is -3.41. The first-order chi connectivity index (χ1) is 12.9. The molecule has 0 spiro atoms. The molecule has 2 amide bonds. The lowest BCUT2D eigenvalue weighted by Crippen LogP contribution is -2.28. The zero-order valence-electron chi connectivity index (χ0n) is 15.0. The number of amides is 2. The molecule has 0 atom stereocenters. The number of nitrogens with one attached hydrogen (secondary N) is 2. The van der Waals surface area contributed by atoms with E-state index < -0.39 is 0 Å². The van der Waals surface area contributed by atoms with Gasteiger partial charge in [-0.1, -0.05) is 36.4 Å². The minimum Gasteiger partial charge on any atom is -0.484 e. The highest BCUT2D eigenvalue weighted by Gasteiger charge is 2.22. The van der Waals surface area contributed by atoms with E-state index in [4.69, 9.17) is 4.74 Å². The number of benzene rings is 2. The molecular weight excluding hydrogens is 344 g/mol. The lowest BCUT2D eigenvalue weighted by molar-refractivity contribution is -0.123. The van der Waals surface area contributed by atoms with E-state index in [1.54, 1.807) is 18.2 Å². The fourth-order valence-electron chi connectivity index (χ4n) is 2.70. The van der Waals surface area contributed by atoms with E-state index in [2.05, 4.69) is 17.2 Å².